The summed E-state index contributed by atoms with van der Waals surface area (Å²) in [5.41, 5.74) is 0. The maximum Gasteiger partial charge on any atom is 0.306 e. The van der Waals surface area contributed by atoms with Crippen molar-refractivity contribution in [3.8, 4) is 0 Å². The lowest BCUT2D eigenvalue weighted by atomic mass is 10.1. The van der Waals surface area contributed by atoms with Crippen LogP contribution in [0, 0.1) is 0 Å². The third-order valence-corrected chi connectivity index (χ3v) is 13.7. The minimum atomic E-state index is -0.798. The molecule has 1 unspecified atom stereocenters. The number of hydrogen-bond donors (Lipinski definition) is 0. The molecule has 0 aromatic heterocycles. The lowest BCUT2D eigenvalue weighted by Crippen LogP contribution is -2.30. The Hall–Kier alpha value is -3.93. The summed E-state index contributed by atoms with van der Waals surface area (Å²) < 4.78 is 16.9. The largest absolute Gasteiger partial charge is 0.462 e. The van der Waals surface area contributed by atoms with E-state index >= 15 is 0 Å². The second kappa shape index (κ2) is 64.6. The Morgan fingerprint density at radius 2 is 0.506 bits per heavy atom. The van der Waals surface area contributed by atoms with Gasteiger partial charge in [-0.25, -0.2) is 0 Å². The van der Waals surface area contributed by atoms with Crippen molar-refractivity contribution in [2.75, 3.05) is 13.2 Å². The SMILES string of the molecule is CC/C=C\C/C=C\C/C=C\C/C=C\C/C=C\C/C=C\CCCCCCC(=O)OCC(COC(=O)CCCCCCC/C=C\CCCCCCCC)OC(=O)CCCCCCCCCCC/C=C\C/C=C\CCCCCCC. The third-order valence-electron chi connectivity index (χ3n) is 13.7. The number of esters is 3. The molecule has 0 N–H and O–H groups in total. The Kier molecular flexibility index (Phi) is 61.3. The third kappa shape index (κ3) is 62.8. The molecule has 6 nitrogen and oxygen atoms in total. The van der Waals surface area contributed by atoms with Gasteiger partial charge >= 0.3 is 17.9 Å². The molecule has 440 valence electrons. The summed E-state index contributed by atoms with van der Waals surface area (Å²) in [7, 11) is 0. The van der Waals surface area contributed by atoms with Crippen LogP contribution in [0.25, 0.3) is 0 Å². The fraction of sp³-hybridized carbons (Fsp3) is 0.704. The zero-order valence-corrected chi connectivity index (χ0v) is 50.4. The maximum absolute atomic E-state index is 12.9. The monoisotopic (exact) mass is 1070 g/mol. The number of carbonyl (C=O) groups is 3. The van der Waals surface area contributed by atoms with Crippen LogP contribution in [0.15, 0.2) is 109 Å². The number of carbonyl (C=O) groups excluding carboxylic acids is 3. The summed E-state index contributed by atoms with van der Waals surface area (Å²) in [6.45, 7) is 6.50. The van der Waals surface area contributed by atoms with Gasteiger partial charge in [0, 0.05) is 19.3 Å². The van der Waals surface area contributed by atoms with E-state index in [0.717, 1.165) is 122 Å². The number of allylic oxidation sites excluding steroid dienone is 18. The first-order chi connectivity index (χ1) is 38.0. The smallest absolute Gasteiger partial charge is 0.306 e. The topological polar surface area (TPSA) is 78.9 Å². The van der Waals surface area contributed by atoms with E-state index in [4.69, 9.17) is 14.2 Å². The average molecular weight is 1070 g/mol. The predicted octanol–water partition coefficient (Wildman–Crippen LogP) is 22.2. The lowest BCUT2D eigenvalue weighted by molar-refractivity contribution is -0.167. The second-order valence-corrected chi connectivity index (χ2v) is 21.3. The van der Waals surface area contributed by atoms with Crippen molar-refractivity contribution in [1.82, 2.24) is 0 Å². The van der Waals surface area contributed by atoms with Crippen molar-refractivity contribution in [1.29, 1.82) is 0 Å². The predicted molar refractivity (Wildman–Crippen MR) is 334 cm³/mol. The van der Waals surface area contributed by atoms with E-state index in [9.17, 15) is 14.4 Å². The Labute approximate surface area is 476 Å². The molecule has 0 saturated carbocycles. The Bertz CT molecular complexity index is 1560. The molecule has 0 aromatic carbocycles. The van der Waals surface area contributed by atoms with Crippen LogP contribution in [0.3, 0.4) is 0 Å². The molecule has 77 heavy (non-hydrogen) atoms. The van der Waals surface area contributed by atoms with Gasteiger partial charge in [0.15, 0.2) is 6.10 Å². The number of hydrogen-bond acceptors (Lipinski definition) is 6. The standard InChI is InChI=1S/C71H120O6/c1-4-7-10-13-16-19-22-25-28-30-32-34-35-37-38-40-43-46-49-52-55-58-61-64-70(73)76-67-68(66-75-69(72)63-60-57-54-51-48-45-42-27-24-21-18-15-12-9-6-3)77-71(74)65-62-59-56-53-50-47-44-41-39-36-33-31-29-26-23-20-17-14-11-8-5-2/h7,10,16,19,23,25-28,31-34,37-38,42-43,46,68H,4-6,8-9,11-15,17-18,20-22,24,29-30,35-36,39-41,44-45,47-67H2,1-3H3/b10-7-,19-16-,26-23-,28-25-,33-31-,34-32-,38-37-,42-27-,46-43-. The first kappa shape index (κ1) is 73.1. The molecular weight excluding hydrogens is 949 g/mol. The molecule has 0 aliphatic heterocycles. The Balaban J connectivity index is 4.44. The van der Waals surface area contributed by atoms with Crippen LogP contribution in [0.1, 0.15) is 303 Å². The van der Waals surface area contributed by atoms with Gasteiger partial charge in [0.05, 0.1) is 0 Å². The average Bonchev–Trinajstić information content (AvgIpc) is 3.43. The van der Waals surface area contributed by atoms with Crippen LogP contribution in [-0.4, -0.2) is 37.2 Å². The van der Waals surface area contributed by atoms with Crippen LogP contribution in [-0.2, 0) is 28.6 Å². The summed E-state index contributed by atoms with van der Waals surface area (Å²) in [6, 6.07) is 0. The molecule has 0 aliphatic carbocycles. The van der Waals surface area contributed by atoms with Gasteiger partial charge in [-0.05, 0) is 128 Å². The van der Waals surface area contributed by atoms with Gasteiger partial charge in [-0.2, -0.15) is 0 Å². The van der Waals surface area contributed by atoms with Crippen molar-refractivity contribution >= 4 is 17.9 Å². The fourth-order valence-corrected chi connectivity index (χ4v) is 8.88. The van der Waals surface area contributed by atoms with Gasteiger partial charge in [-0.1, -0.05) is 265 Å². The van der Waals surface area contributed by atoms with Crippen LogP contribution in [0.5, 0.6) is 0 Å². The molecule has 0 spiro atoms. The van der Waals surface area contributed by atoms with Crippen molar-refractivity contribution in [2.45, 2.75) is 309 Å². The lowest BCUT2D eigenvalue weighted by Gasteiger charge is -2.18. The van der Waals surface area contributed by atoms with Crippen LogP contribution in [0.2, 0.25) is 0 Å². The van der Waals surface area contributed by atoms with E-state index in [1.54, 1.807) is 0 Å². The van der Waals surface area contributed by atoms with Crippen molar-refractivity contribution in [3.63, 3.8) is 0 Å². The number of ether oxygens (including phenoxy) is 3. The molecule has 0 aromatic rings. The van der Waals surface area contributed by atoms with Gasteiger partial charge in [-0.15, -0.1) is 0 Å². The number of unbranched alkanes of at least 4 members (excludes halogenated alkanes) is 29. The molecule has 0 saturated heterocycles. The molecule has 0 rings (SSSR count). The minimum absolute atomic E-state index is 0.0928. The number of rotatable bonds is 58. The molecule has 0 bridgehead atoms. The summed E-state index contributed by atoms with van der Waals surface area (Å²) in [5, 5.41) is 0. The van der Waals surface area contributed by atoms with E-state index < -0.39 is 6.10 Å². The first-order valence-electron chi connectivity index (χ1n) is 32.4. The van der Waals surface area contributed by atoms with Gasteiger partial charge in [0.2, 0.25) is 0 Å². The first-order valence-corrected chi connectivity index (χ1v) is 32.4. The van der Waals surface area contributed by atoms with E-state index in [1.807, 2.05) is 0 Å². The summed E-state index contributed by atoms with van der Waals surface area (Å²) >= 11 is 0. The van der Waals surface area contributed by atoms with Crippen molar-refractivity contribution in [3.05, 3.63) is 109 Å². The molecule has 1 atom stereocenters. The normalized spacial score (nSPS) is 12.8. The molecule has 0 aliphatic rings. The zero-order chi connectivity index (χ0) is 55.7. The highest BCUT2D eigenvalue weighted by Gasteiger charge is 2.19. The maximum atomic E-state index is 12.9. The zero-order valence-electron chi connectivity index (χ0n) is 50.4. The van der Waals surface area contributed by atoms with E-state index in [0.29, 0.717) is 19.3 Å². The molecule has 0 heterocycles. The molecule has 6 heteroatoms. The second-order valence-electron chi connectivity index (χ2n) is 21.3. The quantitative estimate of drug-likeness (QED) is 0.0261. The highest BCUT2D eigenvalue weighted by molar-refractivity contribution is 5.71. The summed E-state index contributed by atoms with van der Waals surface area (Å²) in [6.07, 6.45) is 88.0. The Morgan fingerprint density at radius 1 is 0.273 bits per heavy atom. The van der Waals surface area contributed by atoms with Gasteiger partial charge in [-0.3, -0.25) is 14.4 Å². The molecule has 0 amide bonds. The Morgan fingerprint density at radius 3 is 0.805 bits per heavy atom. The van der Waals surface area contributed by atoms with Crippen molar-refractivity contribution in [2.24, 2.45) is 0 Å². The van der Waals surface area contributed by atoms with Crippen LogP contribution < -0.4 is 0 Å². The van der Waals surface area contributed by atoms with E-state index in [2.05, 4.69) is 130 Å². The van der Waals surface area contributed by atoms with E-state index in [1.165, 1.54) is 141 Å². The molecular formula is C71H120O6. The van der Waals surface area contributed by atoms with Gasteiger partial charge in [0.1, 0.15) is 13.2 Å². The van der Waals surface area contributed by atoms with Gasteiger partial charge < -0.3 is 14.2 Å². The summed E-state index contributed by atoms with van der Waals surface area (Å²) in [5.74, 6) is -0.923. The van der Waals surface area contributed by atoms with Crippen molar-refractivity contribution < 1.29 is 28.6 Å². The minimum Gasteiger partial charge on any atom is -0.462 e. The highest BCUT2D eigenvalue weighted by Crippen LogP contribution is 2.15. The fourth-order valence-electron chi connectivity index (χ4n) is 8.88. The molecule has 0 fully saturated rings. The summed E-state index contributed by atoms with van der Waals surface area (Å²) in [4.78, 5) is 38.3. The van der Waals surface area contributed by atoms with E-state index in [-0.39, 0.29) is 31.1 Å². The molecule has 0 radical (unpaired) electrons. The highest BCUT2D eigenvalue weighted by atomic mass is 16.6. The van der Waals surface area contributed by atoms with Crippen LogP contribution >= 0.6 is 0 Å². The van der Waals surface area contributed by atoms with Gasteiger partial charge in [0.25, 0.3) is 0 Å². The van der Waals surface area contributed by atoms with Crippen LogP contribution in [0.4, 0.5) is 0 Å².